The van der Waals surface area contributed by atoms with Crippen LogP contribution in [0.25, 0.3) is 0 Å². The third-order valence-corrected chi connectivity index (χ3v) is 7.14. The quantitative estimate of drug-likeness (QED) is 0.805. The number of hydrogen-bond acceptors (Lipinski definition) is 5. The van der Waals surface area contributed by atoms with Crippen LogP contribution in [0, 0.1) is 6.92 Å². The van der Waals surface area contributed by atoms with Crippen LogP contribution in [0.3, 0.4) is 0 Å². The molecule has 132 valence electrons. The lowest BCUT2D eigenvalue weighted by Gasteiger charge is -2.47. The summed E-state index contributed by atoms with van der Waals surface area (Å²) in [5.74, 6) is 1.26. The molecule has 2 aromatic rings. The number of carbonyl (C=O) groups excluding carboxylic acids is 1. The molecule has 0 N–H and O–H groups in total. The molecule has 6 heteroatoms. The summed E-state index contributed by atoms with van der Waals surface area (Å²) in [6, 6.07) is 8.07. The van der Waals surface area contributed by atoms with Gasteiger partial charge in [0, 0.05) is 24.5 Å². The van der Waals surface area contributed by atoms with Crippen LogP contribution in [-0.4, -0.2) is 45.5 Å². The maximum absolute atomic E-state index is 12.3. The number of rotatable bonds is 5. The summed E-state index contributed by atoms with van der Waals surface area (Å²) >= 11 is 3.62. The fourth-order valence-electron chi connectivity index (χ4n) is 3.52. The molecule has 0 radical (unpaired) electrons. The number of thioether (sulfide) groups is 1. The SMILES string of the molecule is Cc1cccc(CO[C@@H]2CSC3(C2)CN(C(=O)Cc2ccsc2)C3)n1. The summed E-state index contributed by atoms with van der Waals surface area (Å²) in [6.45, 7) is 4.30. The van der Waals surface area contributed by atoms with E-state index in [9.17, 15) is 4.79 Å². The fourth-order valence-corrected chi connectivity index (χ4v) is 5.74. The zero-order valence-electron chi connectivity index (χ0n) is 14.3. The highest BCUT2D eigenvalue weighted by molar-refractivity contribution is 8.01. The van der Waals surface area contributed by atoms with Crippen LogP contribution < -0.4 is 0 Å². The first-order chi connectivity index (χ1) is 12.1. The topological polar surface area (TPSA) is 42.4 Å². The molecule has 0 bridgehead atoms. The molecule has 0 aromatic carbocycles. The van der Waals surface area contributed by atoms with Gasteiger partial charge in [0.15, 0.2) is 0 Å². The Hall–Kier alpha value is -1.37. The number of amides is 1. The second kappa shape index (κ2) is 7.09. The number of nitrogens with zero attached hydrogens (tertiary/aromatic N) is 2. The number of carbonyl (C=O) groups is 1. The third kappa shape index (κ3) is 3.91. The summed E-state index contributed by atoms with van der Waals surface area (Å²) in [4.78, 5) is 18.8. The molecule has 0 aliphatic carbocycles. The van der Waals surface area contributed by atoms with Crippen LogP contribution in [0.1, 0.15) is 23.4 Å². The highest BCUT2D eigenvalue weighted by Crippen LogP contribution is 2.46. The third-order valence-electron chi connectivity index (χ3n) is 4.83. The Kier molecular flexibility index (Phi) is 4.84. The maximum Gasteiger partial charge on any atom is 0.227 e. The van der Waals surface area contributed by atoms with Gasteiger partial charge in [0.2, 0.25) is 5.91 Å². The lowest BCUT2D eigenvalue weighted by Crippen LogP contribution is -2.61. The molecule has 2 aliphatic rings. The molecule has 25 heavy (non-hydrogen) atoms. The lowest BCUT2D eigenvalue weighted by molar-refractivity contribution is -0.136. The Labute approximate surface area is 156 Å². The molecule has 2 saturated heterocycles. The van der Waals surface area contributed by atoms with E-state index in [0.717, 1.165) is 42.2 Å². The Morgan fingerprint density at radius 3 is 3.04 bits per heavy atom. The molecule has 1 amide bonds. The zero-order valence-corrected chi connectivity index (χ0v) is 15.9. The highest BCUT2D eigenvalue weighted by Gasteiger charge is 2.50. The van der Waals surface area contributed by atoms with Gasteiger partial charge < -0.3 is 9.64 Å². The molecule has 4 rings (SSSR count). The van der Waals surface area contributed by atoms with Crippen molar-refractivity contribution in [2.75, 3.05) is 18.8 Å². The average molecular weight is 375 g/mol. The molecular formula is C19H22N2O2S2. The molecule has 4 heterocycles. The van der Waals surface area contributed by atoms with Crippen molar-refractivity contribution in [1.29, 1.82) is 0 Å². The van der Waals surface area contributed by atoms with E-state index in [1.54, 1.807) is 11.3 Å². The van der Waals surface area contributed by atoms with E-state index in [1.807, 2.05) is 53.2 Å². The molecule has 0 saturated carbocycles. The summed E-state index contributed by atoms with van der Waals surface area (Å²) in [7, 11) is 0. The van der Waals surface area contributed by atoms with E-state index in [4.69, 9.17) is 4.74 Å². The Morgan fingerprint density at radius 1 is 1.40 bits per heavy atom. The van der Waals surface area contributed by atoms with Crippen molar-refractivity contribution >= 4 is 29.0 Å². The minimum atomic E-state index is 0.217. The number of thiophene rings is 1. The van der Waals surface area contributed by atoms with Gasteiger partial charge in [-0.05, 0) is 47.9 Å². The summed E-state index contributed by atoms with van der Waals surface area (Å²) in [5.41, 5.74) is 3.14. The van der Waals surface area contributed by atoms with E-state index in [1.165, 1.54) is 0 Å². The van der Waals surface area contributed by atoms with E-state index in [-0.39, 0.29) is 16.8 Å². The molecule has 4 nitrogen and oxygen atoms in total. The van der Waals surface area contributed by atoms with E-state index in [2.05, 4.69) is 10.4 Å². The summed E-state index contributed by atoms with van der Waals surface area (Å²) < 4.78 is 6.29. The van der Waals surface area contributed by atoms with E-state index in [0.29, 0.717) is 13.0 Å². The second-order valence-electron chi connectivity index (χ2n) is 6.96. The number of hydrogen-bond donors (Lipinski definition) is 0. The van der Waals surface area contributed by atoms with Gasteiger partial charge in [-0.25, -0.2) is 0 Å². The maximum atomic E-state index is 12.3. The Balaban J connectivity index is 1.24. The van der Waals surface area contributed by atoms with Gasteiger partial charge in [-0.3, -0.25) is 9.78 Å². The fraction of sp³-hybridized carbons (Fsp3) is 0.474. The summed E-state index contributed by atoms with van der Waals surface area (Å²) in [5, 5.41) is 4.08. The van der Waals surface area contributed by atoms with Gasteiger partial charge in [0.25, 0.3) is 0 Å². The summed E-state index contributed by atoms with van der Waals surface area (Å²) in [6.07, 6.45) is 1.83. The first-order valence-electron chi connectivity index (χ1n) is 8.59. The van der Waals surface area contributed by atoms with Crippen LogP contribution in [0.2, 0.25) is 0 Å². The standard InChI is InChI=1S/C19H22N2O2S2/c1-14-3-2-4-16(20-14)9-23-17-8-19(25-11-17)12-21(13-19)18(22)7-15-5-6-24-10-15/h2-6,10,17H,7-9,11-13H2,1H3/t17-/m0/s1. The molecule has 1 atom stereocenters. The minimum Gasteiger partial charge on any atom is -0.371 e. The number of likely N-dealkylation sites (tertiary alicyclic amines) is 1. The van der Waals surface area contributed by atoms with Gasteiger partial charge in [0.1, 0.15) is 0 Å². The molecule has 1 spiro atoms. The van der Waals surface area contributed by atoms with Crippen molar-refractivity contribution in [3.63, 3.8) is 0 Å². The Morgan fingerprint density at radius 2 is 2.28 bits per heavy atom. The predicted octanol–water partition coefficient (Wildman–Crippen LogP) is 3.30. The molecule has 2 aromatic heterocycles. The minimum absolute atomic E-state index is 0.217. The van der Waals surface area contributed by atoms with E-state index < -0.39 is 0 Å². The smallest absolute Gasteiger partial charge is 0.227 e. The lowest BCUT2D eigenvalue weighted by atomic mass is 9.92. The van der Waals surface area contributed by atoms with Gasteiger partial charge in [-0.1, -0.05) is 6.07 Å². The largest absolute Gasteiger partial charge is 0.371 e. The highest BCUT2D eigenvalue weighted by atomic mass is 32.2. The Bertz CT molecular complexity index is 742. The number of pyridine rings is 1. The van der Waals surface area contributed by atoms with Crippen LogP contribution in [0.15, 0.2) is 35.0 Å². The number of ether oxygens (including phenoxy) is 1. The van der Waals surface area contributed by atoms with Gasteiger partial charge >= 0.3 is 0 Å². The van der Waals surface area contributed by atoms with Crippen molar-refractivity contribution in [3.8, 4) is 0 Å². The normalized spacial score (nSPS) is 21.5. The van der Waals surface area contributed by atoms with Crippen molar-refractivity contribution in [1.82, 2.24) is 9.88 Å². The van der Waals surface area contributed by atoms with Gasteiger partial charge in [-0.2, -0.15) is 11.3 Å². The van der Waals surface area contributed by atoms with Crippen molar-refractivity contribution in [2.24, 2.45) is 0 Å². The molecular weight excluding hydrogens is 352 g/mol. The second-order valence-corrected chi connectivity index (χ2v) is 9.23. The van der Waals surface area contributed by atoms with E-state index >= 15 is 0 Å². The van der Waals surface area contributed by atoms with Crippen LogP contribution in [-0.2, 0) is 22.6 Å². The van der Waals surface area contributed by atoms with Crippen molar-refractivity contribution in [2.45, 2.75) is 37.2 Å². The number of aryl methyl sites for hydroxylation is 1. The van der Waals surface area contributed by atoms with Gasteiger partial charge in [-0.15, -0.1) is 11.8 Å². The average Bonchev–Trinajstić information content (AvgIpc) is 3.21. The molecule has 0 unspecified atom stereocenters. The zero-order chi connectivity index (χ0) is 17.3. The van der Waals surface area contributed by atoms with Gasteiger partial charge in [0.05, 0.1) is 29.6 Å². The van der Waals surface area contributed by atoms with Crippen LogP contribution in [0.5, 0.6) is 0 Å². The first kappa shape index (κ1) is 17.1. The number of aromatic nitrogens is 1. The van der Waals surface area contributed by atoms with Crippen molar-refractivity contribution in [3.05, 3.63) is 52.0 Å². The first-order valence-corrected chi connectivity index (χ1v) is 10.5. The van der Waals surface area contributed by atoms with Crippen molar-refractivity contribution < 1.29 is 9.53 Å². The van der Waals surface area contributed by atoms with Crippen LogP contribution in [0.4, 0.5) is 0 Å². The molecule has 2 fully saturated rings. The molecule has 2 aliphatic heterocycles. The predicted molar refractivity (Wildman–Crippen MR) is 102 cm³/mol. The monoisotopic (exact) mass is 374 g/mol. The van der Waals surface area contributed by atoms with Crippen LogP contribution >= 0.6 is 23.1 Å².